The molecule has 1 aliphatic rings. The average molecular weight is 535 g/mol. The molecular formula is C27H23FN4O3S2. The SMILES string of the molecule is Cc1ccc(NC(=O)CSc2ncc3c(n2)-c2ccccc2N(Cc2ccc(F)cc2)S3(=O)=O)cc1C. The lowest BCUT2D eigenvalue weighted by molar-refractivity contribution is -0.113. The molecule has 1 aliphatic heterocycles. The van der Waals surface area contributed by atoms with Crippen molar-refractivity contribution in [1.29, 1.82) is 0 Å². The summed E-state index contributed by atoms with van der Waals surface area (Å²) in [6.07, 6.45) is 1.29. The van der Waals surface area contributed by atoms with Crippen molar-refractivity contribution in [1.82, 2.24) is 9.97 Å². The minimum absolute atomic E-state index is 0.0164. The number of halogens is 1. The number of amides is 1. The Kier molecular flexibility index (Phi) is 6.70. The Hall–Kier alpha value is -3.76. The van der Waals surface area contributed by atoms with Gasteiger partial charge in [-0.05, 0) is 60.9 Å². The van der Waals surface area contributed by atoms with E-state index < -0.39 is 15.8 Å². The Balaban J connectivity index is 1.39. The number of aryl methyl sites for hydroxylation is 2. The molecule has 7 nitrogen and oxygen atoms in total. The van der Waals surface area contributed by atoms with Crippen molar-refractivity contribution < 1.29 is 17.6 Å². The number of aromatic nitrogens is 2. The molecule has 1 N–H and O–H groups in total. The van der Waals surface area contributed by atoms with Gasteiger partial charge in [0, 0.05) is 11.3 Å². The predicted octanol–water partition coefficient (Wildman–Crippen LogP) is 5.34. The van der Waals surface area contributed by atoms with Gasteiger partial charge in [0.15, 0.2) is 5.16 Å². The molecule has 0 saturated carbocycles. The molecule has 0 bridgehead atoms. The molecule has 0 spiro atoms. The topological polar surface area (TPSA) is 92.3 Å². The minimum atomic E-state index is -3.97. The fourth-order valence-corrected chi connectivity index (χ4v) is 6.19. The lowest BCUT2D eigenvalue weighted by Crippen LogP contribution is -2.34. The molecule has 0 atom stereocenters. The summed E-state index contributed by atoms with van der Waals surface area (Å²) in [5.41, 5.74) is 4.98. The third-order valence-corrected chi connectivity index (χ3v) is 8.71. The van der Waals surface area contributed by atoms with Crippen LogP contribution in [0.4, 0.5) is 15.8 Å². The summed E-state index contributed by atoms with van der Waals surface area (Å²) in [6, 6.07) is 18.5. The fourth-order valence-electron chi connectivity index (χ4n) is 4.02. The van der Waals surface area contributed by atoms with Gasteiger partial charge in [0.2, 0.25) is 5.91 Å². The van der Waals surface area contributed by atoms with Crippen LogP contribution in [0.25, 0.3) is 11.3 Å². The van der Waals surface area contributed by atoms with E-state index >= 15 is 0 Å². The first kappa shape index (κ1) is 24.9. The quantitative estimate of drug-likeness (QED) is 0.265. The minimum Gasteiger partial charge on any atom is -0.325 e. The summed E-state index contributed by atoms with van der Waals surface area (Å²) in [5, 5.41) is 3.16. The number of para-hydroxylation sites is 1. The number of nitrogens with zero attached hydrogens (tertiary/aromatic N) is 3. The first-order chi connectivity index (χ1) is 17.7. The van der Waals surface area contributed by atoms with Crippen LogP contribution in [0.1, 0.15) is 16.7 Å². The second-order valence-electron chi connectivity index (χ2n) is 8.66. The Morgan fingerprint density at radius 1 is 1.03 bits per heavy atom. The van der Waals surface area contributed by atoms with Crippen molar-refractivity contribution >= 4 is 39.1 Å². The number of thioether (sulfide) groups is 1. The van der Waals surface area contributed by atoms with Crippen molar-refractivity contribution in [2.75, 3.05) is 15.4 Å². The zero-order chi connectivity index (χ0) is 26.2. The van der Waals surface area contributed by atoms with Crippen molar-refractivity contribution in [2.24, 2.45) is 0 Å². The third-order valence-electron chi connectivity index (χ3n) is 6.09. The van der Waals surface area contributed by atoms with E-state index in [-0.39, 0.29) is 28.8 Å². The third kappa shape index (κ3) is 5.07. The van der Waals surface area contributed by atoms with Crippen LogP contribution in [-0.2, 0) is 21.4 Å². The van der Waals surface area contributed by atoms with Crippen LogP contribution in [0.5, 0.6) is 0 Å². The summed E-state index contributed by atoms with van der Waals surface area (Å²) >= 11 is 1.13. The summed E-state index contributed by atoms with van der Waals surface area (Å²) < 4.78 is 41.8. The lowest BCUT2D eigenvalue weighted by Gasteiger charge is -2.31. The van der Waals surface area contributed by atoms with E-state index in [2.05, 4.69) is 15.3 Å². The van der Waals surface area contributed by atoms with Gasteiger partial charge in [-0.1, -0.05) is 48.2 Å². The largest absolute Gasteiger partial charge is 0.325 e. The van der Waals surface area contributed by atoms with Gasteiger partial charge < -0.3 is 5.32 Å². The van der Waals surface area contributed by atoms with Crippen LogP contribution in [0.15, 0.2) is 83.0 Å². The molecule has 1 amide bonds. The second-order valence-corrected chi connectivity index (χ2v) is 11.4. The summed E-state index contributed by atoms with van der Waals surface area (Å²) in [6.45, 7) is 4.02. The van der Waals surface area contributed by atoms with Gasteiger partial charge >= 0.3 is 0 Å². The van der Waals surface area contributed by atoms with Crippen molar-refractivity contribution in [3.63, 3.8) is 0 Å². The van der Waals surface area contributed by atoms with Crippen molar-refractivity contribution in [3.8, 4) is 11.3 Å². The first-order valence-electron chi connectivity index (χ1n) is 11.5. The van der Waals surface area contributed by atoms with Crippen molar-refractivity contribution in [2.45, 2.75) is 30.4 Å². The van der Waals surface area contributed by atoms with Gasteiger partial charge in [0.25, 0.3) is 10.0 Å². The number of anilines is 2. The second kappa shape index (κ2) is 9.95. The Morgan fingerprint density at radius 2 is 1.78 bits per heavy atom. The fraction of sp³-hybridized carbons (Fsp3) is 0.148. The summed E-state index contributed by atoms with van der Waals surface area (Å²) in [5.74, 6) is -0.540. The highest BCUT2D eigenvalue weighted by molar-refractivity contribution is 7.99. The maximum Gasteiger partial charge on any atom is 0.268 e. The smallest absolute Gasteiger partial charge is 0.268 e. The molecule has 188 valence electrons. The number of fused-ring (bicyclic) bond motifs is 3. The van der Waals surface area contributed by atoms with Gasteiger partial charge in [-0.3, -0.25) is 9.10 Å². The number of benzene rings is 3. The van der Waals surface area contributed by atoms with Crippen LogP contribution in [0.3, 0.4) is 0 Å². The molecule has 5 rings (SSSR count). The molecule has 10 heteroatoms. The standard InChI is InChI=1S/C27H23FN4O3S2/c1-17-7-12-21(13-18(17)2)30-25(33)16-36-27-29-14-24-26(31-27)22-5-3-4-6-23(22)32(37(24,34)35)15-19-8-10-20(28)11-9-19/h3-14H,15-16H2,1-2H3,(H,30,33). The van der Waals surface area contributed by atoms with Crippen LogP contribution in [0, 0.1) is 19.7 Å². The Bertz CT molecular complexity index is 1610. The predicted molar refractivity (Wildman–Crippen MR) is 143 cm³/mol. The molecule has 0 fully saturated rings. The number of carbonyl (C=O) groups is 1. The molecule has 37 heavy (non-hydrogen) atoms. The van der Waals surface area contributed by atoms with Crippen LogP contribution >= 0.6 is 11.8 Å². The Labute approximate surface area is 218 Å². The molecule has 0 saturated heterocycles. The molecule has 4 aromatic rings. The normalized spacial score (nSPS) is 13.5. The number of nitrogens with one attached hydrogen (secondary N) is 1. The van der Waals surface area contributed by atoms with Gasteiger partial charge in [0.05, 0.1) is 29.9 Å². The van der Waals surface area contributed by atoms with Crippen molar-refractivity contribution in [3.05, 3.63) is 95.4 Å². The first-order valence-corrected chi connectivity index (χ1v) is 13.9. The highest BCUT2D eigenvalue weighted by Gasteiger charge is 2.36. The van der Waals surface area contributed by atoms with E-state index in [1.165, 1.54) is 22.6 Å². The maximum absolute atomic E-state index is 13.6. The van der Waals surface area contributed by atoms with E-state index in [9.17, 15) is 17.6 Å². The van der Waals surface area contributed by atoms with Gasteiger partial charge in [-0.15, -0.1) is 0 Å². The summed E-state index contributed by atoms with van der Waals surface area (Å²) in [7, 11) is -3.97. The zero-order valence-electron chi connectivity index (χ0n) is 20.1. The summed E-state index contributed by atoms with van der Waals surface area (Å²) in [4.78, 5) is 21.2. The number of sulfonamides is 1. The Morgan fingerprint density at radius 3 is 2.54 bits per heavy atom. The van der Waals surface area contributed by atoms with Gasteiger partial charge in [-0.2, -0.15) is 0 Å². The van der Waals surface area contributed by atoms with Crippen LogP contribution in [0.2, 0.25) is 0 Å². The van der Waals surface area contributed by atoms with Crippen LogP contribution in [-0.4, -0.2) is 30.0 Å². The molecule has 3 aromatic carbocycles. The number of hydrogen-bond donors (Lipinski definition) is 1. The molecule has 1 aromatic heterocycles. The molecule has 0 unspecified atom stereocenters. The van der Waals surface area contributed by atoms with E-state index in [1.54, 1.807) is 30.3 Å². The van der Waals surface area contributed by atoms with E-state index in [1.807, 2.05) is 38.1 Å². The molecule has 0 aliphatic carbocycles. The highest BCUT2D eigenvalue weighted by atomic mass is 32.2. The van der Waals surface area contributed by atoms with Gasteiger partial charge in [-0.25, -0.2) is 22.8 Å². The lowest BCUT2D eigenvalue weighted by atomic mass is 10.1. The van der Waals surface area contributed by atoms with E-state index in [4.69, 9.17) is 0 Å². The van der Waals surface area contributed by atoms with E-state index in [0.29, 0.717) is 27.7 Å². The molecule has 0 radical (unpaired) electrons. The number of carbonyl (C=O) groups excluding carboxylic acids is 1. The maximum atomic E-state index is 13.6. The zero-order valence-corrected chi connectivity index (χ0v) is 21.7. The van der Waals surface area contributed by atoms with E-state index in [0.717, 1.165) is 22.9 Å². The monoisotopic (exact) mass is 534 g/mol. The number of rotatable bonds is 6. The van der Waals surface area contributed by atoms with Gasteiger partial charge in [0.1, 0.15) is 10.7 Å². The average Bonchev–Trinajstić information content (AvgIpc) is 2.88. The van der Waals surface area contributed by atoms with Crippen LogP contribution < -0.4 is 9.62 Å². The highest BCUT2D eigenvalue weighted by Crippen LogP contribution is 2.42. The number of hydrogen-bond acceptors (Lipinski definition) is 6. The molecular weight excluding hydrogens is 511 g/mol. The molecule has 2 heterocycles.